The molecule has 0 radical (unpaired) electrons. The van der Waals surface area contributed by atoms with Crippen molar-refractivity contribution >= 4 is 0 Å². The van der Waals surface area contributed by atoms with E-state index in [9.17, 15) is 13.2 Å². The smallest absolute Gasteiger partial charge is 0.305 e. The van der Waals surface area contributed by atoms with Gasteiger partial charge in [0.15, 0.2) is 0 Å². The second kappa shape index (κ2) is 5.71. The van der Waals surface area contributed by atoms with E-state index in [1.165, 1.54) is 0 Å². The second-order valence-electron chi connectivity index (χ2n) is 4.60. The minimum absolute atomic E-state index is 0.121. The van der Waals surface area contributed by atoms with Crippen molar-refractivity contribution in [2.45, 2.75) is 25.2 Å². The molecular formula is C13H17F3N2. The van der Waals surface area contributed by atoms with E-state index >= 15 is 0 Å². The third-order valence-electron chi connectivity index (χ3n) is 3.20. The molecule has 0 aliphatic carbocycles. The predicted molar refractivity (Wildman–Crippen MR) is 64.2 cm³/mol. The largest absolute Gasteiger partial charge is 0.403 e. The SMILES string of the molecule is FC(F)(F)C1CCN(Cc2ccccc2)CCN1. The Morgan fingerprint density at radius 2 is 1.89 bits per heavy atom. The molecule has 2 rings (SSSR count). The maximum Gasteiger partial charge on any atom is 0.403 e. The fraction of sp³-hybridized carbons (Fsp3) is 0.538. The third kappa shape index (κ3) is 3.71. The van der Waals surface area contributed by atoms with E-state index in [-0.39, 0.29) is 6.42 Å². The van der Waals surface area contributed by atoms with Crippen LogP contribution in [0.15, 0.2) is 30.3 Å². The van der Waals surface area contributed by atoms with Gasteiger partial charge < -0.3 is 5.32 Å². The average molecular weight is 258 g/mol. The quantitative estimate of drug-likeness (QED) is 0.876. The van der Waals surface area contributed by atoms with Gasteiger partial charge in [-0.15, -0.1) is 0 Å². The molecule has 2 nitrogen and oxygen atoms in total. The number of hydrogen-bond acceptors (Lipinski definition) is 2. The van der Waals surface area contributed by atoms with Gasteiger partial charge in [-0.25, -0.2) is 0 Å². The van der Waals surface area contributed by atoms with E-state index in [4.69, 9.17) is 0 Å². The van der Waals surface area contributed by atoms with Crippen LogP contribution in [0.25, 0.3) is 0 Å². The minimum Gasteiger partial charge on any atom is -0.305 e. The van der Waals surface area contributed by atoms with Gasteiger partial charge in [-0.1, -0.05) is 30.3 Å². The van der Waals surface area contributed by atoms with Crippen LogP contribution in [-0.2, 0) is 6.54 Å². The Bertz CT molecular complexity index is 364. The molecule has 1 fully saturated rings. The van der Waals surface area contributed by atoms with Crippen LogP contribution in [0.1, 0.15) is 12.0 Å². The van der Waals surface area contributed by atoms with Crippen LogP contribution in [0.5, 0.6) is 0 Å². The van der Waals surface area contributed by atoms with E-state index in [0.717, 1.165) is 5.56 Å². The molecule has 1 N–H and O–H groups in total. The summed E-state index contributed by atoms with van der Waals surface area (Å²) in [7, 11) is 0. The molecule has 0 amide bonds. The molecule has 1 aromatic carbocycles. The van der Waals surface area contributed by atoms with Gasteiger partial charge in [0, 0.05) is 26.2 Å². The summed E-state index contributed by atoms with van der Waals surface area (Å²) >= 11 is 0. The highest BCUT2D eigenvalue weighted by Gasteiger charge is 2.39. The van der Waals surface area contributed by atoms with Crippen molar-refractivity contribution in [3.63, 3.8) is 0 Å². The Hall–Kier alpha value is -1.07. The van der Waals surface area contributed by atoms with Gasteiger partial charge in [-0.3, -0.25) is 4.90 Å². The maximum atomic E-state index is 12.6. The lowest BCUT2D eigenvalue weighted by Crippen LogP contribution is -2.42. The molecule has 1 aliphatic rings. The summed E-state index contributed by atoms with van der Waals surface area (Å²) in [6.45, 7) is 2.23. The van der Waals surface area contributed by atoms with Crippen molar-refractivity contribution in [3.05, 3.63) is 35.9 Å². The van der Waals surface area contributed by atoms with Gasteiger partial charge in [0.2, 0.25) is 0 Å². The van der Waals surface area contributed by atoms with Crippen LogP contribution >= 0.6 is 0 Å². The summed E-state index contributed by atoms with van der Waals surface area (Å²) in [6.07, 6.45) is -4.01. The molecule has 1 heterocycles. The van der Waals surface area contributed by atoms with Crippen molar-refractivity contribution in [1.29, 1.82) is 0 Å². The number of alkyl halides is 3. The molecule has 0 aromatic heterocycles. The van der Waals surface area contributed by atoms with E-state index in [2.05, 4.69) is 10.2 Å². The molecule has 1 saturated heterocycles. The van der Waals surface area contributed by atoms with Crippen LogP contribution in [0, 0.1) is 0 Å². The van der Waals surface area contributed by atoms with Crippen LogP contribution in [0.4, 0.5) is 13.2 Å². The standard InChI is InChI=1S/C13H17F3N2/c14-13(15,16)12-6-8-18(9-7-17-12)10-11-4-2-1-3-5-11/h1-5,12,17H,6-10H2. The van der Waals surface area contributed by atoms with E-state index in [1.54, 1.807) is 0 Å². The average Bonchev–Trinajstić information content (AvgIpc) is 2.55. The van der Waals surface area contributed by atoms with Gasteiger partial charge >= 0.3 is 6.18 Å². The zero-order valence-corrected chi connectivity index (χ0v) is 10.1. The molecule has 1 aromatic rings. The minimum atomic E-state index is -4.14. The zero-order valence-electron chi connectivity index (χ0n) is 10.1. The van der Waals surface area contributed by atoms with Crippen molar-refractivity contribution in [2.24, 2.45) is 0 Å². The second-order valence-corrected chi connectivity index (χ2v) is 4.60. The van der Waals surface area contributed by atoms with Gasteiger partial charge in [-0.05, 0) is 12.0 Å². The molecule has 1 unspecified atom stereocenters. The molecule has 18 heavy (non-hydrogen) atoms. The van der Waals surface area contributed by atoms with Crippen LogP contribution < -0.4 is 5.32 Å². The summed E-state index contributed by atoms with van der Waals surface area (Å²) in [5.74, 6) is 0. The fourth-order valence-electron chi connectivity index (χ4n) is 2.20. The Kier molecular flexibility index (Phi) is 4.24. The molecule has 0 bridgehead atoms. The number of nitrogens with zero attached hydrogens (tertiary/aromatic N) is 1. The summed E-state index contributed by atoms with van der Waals surface area (Å²) in [6, 6.07) is 8.47. The van der Waals surface area contributed by atoms with Crippen molar-refractivity contribution in [1.82, 2.24) is 10.2 Å². The lowest BCUT2D eigenvalue weighted by atomic mass is 10.2. The van der Waals surface area contributed by atoms with Crippen molar-refractivity contribution < 1.29 is 13.2 Å². The Morgan fingerprint density at radius 3 is 2.56 bits per heavy atom. The van der Waals surface area contributed by atoms with Gasteiger partial charge in [-0.2, -0.15) is 13.2 Å². The number of nitrogens with one attached hydrogen (secondary N) is 1. The monoisotopic (exact) mass is 258 g/mol. The first kappa shape index (κ1) is 13.4. The number of halogens is 3. The van der Waals surface area contributed by atoms with Crippen LogP contribution in [-0.4, -0.2) is 36.8 Å². The maximum absolute atomic E-state index is 12.6. The van der Waals surface area contributed by atoms with Gasteiger partial charge in [0.05, 0.1) is 0 Å². The van der Waals surface area contributed by atoms with Gasteiger partial charge in [0.25, 0.3) is 0 Å². The molecular weight excluding hydrogens is 241 g/mol. The highest BCUT2D eigenvalue weighted by atomic mass is 19.4. The predicted octanol–water partition coefficient (Wildman–Crippen LogP) is 2.41. The summed E-state index contributed by atoms with van der Waals surface area (Å²) in [4.78, 5) is 2.06. The highest BCUT2D eigenvalue weighted by molar-refractivity contribution is 5.14. The first-order valence-electron chi connectivity index (χ1n) is 6.12. The summed E-state index contributed by atoms with van der Waals surface area (Å²) in [5, 5.41) is 2.57. The van der Waals surface area contributed by atoms with E-state index < -0.39 is 12.2 Å². The fourth-order valence-corrected chi connectivity index (χ4v) is 2.20. The lowest BCUT2D eigenvalue weighted by Gasteiger charge is -2.20. The topological polar surface area (TPSA) is 15.3 Å². The number of hydrogen-bond donors (Lipinski definition) is 1. The molecule has 1 aliphatic heterocycles. The Balaban J connectivity index is 1.90. The molecule has 1 atom stereocenters. The summed E-state index contributed by atoms with van der Waals surface area (Å²) < 4.78 is 37.8. The van der Waals surface area contributed by atoms with E-state index in [1.807, 2.05) is 30.3 Å². The van der Waals surface area contributed by atoms with Crippen LogP contribution in [0.3, 0.4) is 0 Å². The molecule has 5 heteroatoms. The normalized spacial score (nSPS) is 22.7. The zero-order chi connectivity index (χ0) is 13.0. The molecule has 0 spiro atoms. The van der Waals surface area contributed by atoms with Crippen molar-refractivity contribution in [3.8, 4) is 0 Å². The van der Waals surface area contributed by atoms with E-state index in [0.29, 0.717) is 26.2 Å². The molecule has 0 saturated carbocycles. The summed E-state index contributed by atoms with van der Waals surface area (Å²) in [5.41, 5.74) is 1.14. The first-order chi connectivity index (χ1) is 8.55. The number of rotatable bonds is 2. The third-order valence-corrected chi connectivity index (χ3v) is 3.20. The van der Waals surface area contributed by atoms with Crippen molar-refractivity contribution in [2.75, 3.05) is 19.6 Å². The Labute approximate surface area is 105 Å². The number of benzene rings is 1. The van der Waals surface area contributed by atoms with Crippen LogP contribution in [0.2, 0.25) is 0 Å². The lowest BCUT2D eigenvalue weighted by molar-refractivity contribution is -0.156. The molecule has 100 valence electrons. The first-order valence-corrected chi connectivity index (χ1v) is 6.12. The Morgan fingerprint density at radius 1 is 1.17 bits per heavy atom. The van der Waals surface area contributed by atoms with Gasteiger partial charge in [0.1, 0.15) is 6.04 Å². The highest BCUT2D eigenvalue weighted by Crippen LogP contribution is 2.24.